The number of nitrogens with zero attached hydrogens (tertiary/aromatic N) is 3. The third-order valence-electron chi connectivity index (χ3n) is 2.12. The van der Waals surface area contributed by atoms with Crippen molar-refractivity contribution in [1.82, 2.24) is 15.0 Å². The molecule has 5 nitrogen and oxygen atoms in total. The van der Waals surface area contributed by atoms with Crippen LogP contribution in [0.3, 0.4) is 0 Å². The van der Waals surface area contributed by atoms with Gasteiger partial charge in [-0.1, -0.05) is 23.4 Å². The number of para-hydroxylation sites is 1. The Morgan fingerprint density at radius 1 is 1.22 bits per heavy atom. The molecule has 0 amide bonds. The Kier molecular flexibility index (Phi) is 3.14. The quantitative estimate of drug-likeness (QED) is 0.761. The highest BCUT2D eigenvalue weighted by molar-refractivity contribution is 5.87. The number of hydrogen-bond donors (Lipinski definition) is 0. The van der Waals surface area contributed by atoms with Crippen LogP contribution in [0.25, 0.3) is 5.69 Å². The summed E-state index contributed by atoms with van der Waals surface area (Å²) in [7, 11) is 0. The van der Waals surface area contributed by atoms with Gasteiger partial charge in [0, 0.05) is 0 Å². The van der Waals surface area contributed by atoms with E-state index in [2.05, 4.69) is 10.3 Å². The lowest BCUT2D eigenvalue weighted by atomic mass is 10.2. The summed E-state index contributed by atoms with van der Waals surface area (Å²) >= 11 is 0. The standard InChI is InChI=1S/C13H15N3O2/c1-13(2,3)18-12(17)11-9-16(15-14-11)10-7-5-4-6-8-10/h4-9H,1-3H3. The van der Waals surface area contributed by atoms with Crippen molar-refractivity contribution in [2.75, 3.05) is 0 Å². The molecule has 94 valence electrons. The predicted molar refractivity (Wildman–Crippen MR) is 66.5 cm³/mol. The second kappa shape index (κ2) is 4.60. The number of carbonyl (C=O) groups is 1. The van der Waals surface area contributed by atoms with Crippen molar-refractivity contribution in [3.63, 3.8) is 0 Å². The maximum atomic E-state index is 11.8. The Balaban J connectivity index is 2.19. The molecule has 0 saturated heterocycles. The van der Waals surface area contributed by atoms with Gasteiger partial charge in [0.1, 0.15) is 5.60 Å². The highest BCUT2D eigenvalue weighted by atomic mass is 16.6. The summed E-state index contributed by atoms with van der Waals surface area (Å²) in [5.74, 6) is -0.468. The van der Waals surface area contributed by atoms with E-state index < -0.39 is 11.6 Å². The molecule has 0 aliphatic carbocycles. The van der Waals surface area contributed by atoms with E-state index in [0.717, 1.165) is 5.69 Å². The Hall–Kier alpha value is -2.17. The van der Waals surface area contributed by atoms with Crippen molar-refractivity contribution in [3.05, 3.63) is 42.2 Å². The van der Waals surface area contributed by atoms with Crippen LogP contribution in [-0.4, -0.2) is 26.6 Å². The first-order valence-electron chi connectivity index (χ1n) is 5.67. The monoisotopic (exact) mass is 245 g/mol. The Morgan fingerprint density at radius 3 is 2.50 bits per heavy atom. The van der Waals surface area contributed by atoms with Gasteiger partial charge in [0.2, 0.25) is 0 Å². The number of rotatable bonds is 2. The smallest absolute Gasteiger partial charge is 0.361 e. The van der Waals surface area contributed by atoms with E-state index in [9.17, 15) is 4.79 Å². The van der Waals surface area contributed by atoms with Crippen molar-refractivity contribution in [2.24, 2.45) is 0 Å². The molecule has 0 unspecified atom stereocenters. The van der Waals surface area contributed by atoms with Gasteiger partial charge in [0.25, 0.3) is 0 Å². The van der Waals surface area contributed by atoms with Crippen molar-refractivity contribution in [3.8, 4) is 5.69 Å². The maximum Gasteiger partial charge on any atom is 0.361 e. The summed E-state index contributed by atoms with van der Waals surface area (Å²) in [5, 5.41) is 7.72. The lowest BCUT2D eigenvalue weighted by Gasteiger charge is -2.18. The molecule has 2 rings (SSSR count). The van der Waals surface area contributed by atoms with E-state index in [-0.39, 0.29) is 5.69 Å². The minimum atomic E-state index is -0.534. The zero-order chi connectivity index (χ0) is 13.2. The fourth-order valence-corrected chi connectivity index (χ4v) is 1.39. The average molecular weight is 245 g/mol. The van der Waals surface area contributed by atoms with Crippen molar-refractivity contribution < 1.29 is 9.53 Å². The lowest BCUT2D eigenvalue weighted by molar-refractivity contribution is 0.00627. The van der Waals surface area contributed by atoms with Gasteiger partial charge in [0.15, 0.2) is 5.69 Å². The maximum absolute atomic E-state index is 11.8. The first-order valence-corrected chi connectivity index (χ1v) is 5.67. The molecule has 1 aromatic carbocycles. The summed E-state index contributed by atoms with van der Waals surface area (Å²) in [6.07, 6.45) is 1.56. The van der Waals surface area contributed by atoms with Gasteiger partial charge in [-0.05, 0) is 32.9 Å². The number of aromatic nitrogens is 3. The van der Waals surface area contributed by atoms with Crippen LogP contribution >= 0.6 is 0 Å². The average Bonchev–Trinajstić information content (AvgIpc) is 2.77. The van der Waals surface area contributed by atoms with E-state index in [4.69, 9.17) is 4.74 Å². The summed E-state index contributed by atoms with van der Waals surface area (Å²) in [6, 6.07) is 9.46. The van der Waals surface area contributed by atoms with E-state index >= 15 is 0 Å². The highest BCUT2D eigenvalue weighted by Gasteiger charge is 2.20. The van der Waals surface area contributed by atoms with Crippen LogP contribution in [-0.2, 0) is 4.74 Å². The largest absolute Gasteiger partial charge is 0.455 e. The van der Waals surface area contributed by atoms with E-state index in [1.165, 1.54) is 0 Å². The summed E-state index contributed by atoms with van der Waals surface area (Å²) in [5.41, 5.74) is 0.516. The molecule has 18 heavy (non-hydrogen) atoms. The first-order chi connectivity index (χ1) is 8.46. The molecule has 0 aliphatic rings. The van der Waals surface area contributed by atoms with Crippen molar-refractivity contribution >= 4 is 5.97 Å². The van der Waals surface area contributed by atoms with Gasteiger partial charge in [0.05, 0.1) is 11.9 Å². The number of hydrogen-bond acceptors (Lipinski definition) is 4. The molecular formula is C13H15N3O2. The second-order valence-electron chi connectivity index (χ2n) is 4.89. The molecule has 0 saturated carbocycles. The summed E-state index contributed by atoms with van der Waals surface area (Å²) in [4.78, 5) is 11.8. The van der Waals surface area contributed by atoms with Crippen LogP contribution in [0.2, 0.25) is 0 Å². The molecule has 0 fully saturated rings. The molecule has 0 atom stereocenters. The van der Waals surface area contributed by atoms with Gasteiger partial charge in [-0.15, -0.1) is 5.10 Å². The molecule has 0 radical (unpaired) electrons. The van der Waals surface area contributed by atoms with Gasteiger partial charge < -0.3 is 4.74 Å². The van der Waals surface area contributed by atoms with Gasteiger partial charge >= 0.3 is 5.97 Å². The molecular weight excluding hydrogens is 230 g/mol. The Morgan fingerprint density at radius 2 is 1.89 bits per heavy atom. The molecule has 0 spiro atoms. The van der Waals surface area contributed by atoms with E-state index in [0.29, 0.717) is 0 Å². The third-order valence-corrected chi connectivity index (χ3v) is 2.12. The third kappa shape index (κ3) is 2.94. The first kappa shape index (κ1) is 12.3. The molecule has 0 aliphatic heterocycles. The normalized spacial score (nSPS) is 11.3. The van der Waals surface area contributed by atoms with Gasteiger partial charge in [-0.2, -0.15) is 0 Å². The zero-order valence-corrected chi connectivity index (χ0v) is 10.6. The number of carbonyl (C=O) groups excluding carboxylic acids is 1. The Bertz CT molecular complexity index is 541. The van der Waals surface area contributed by atoms with Crippen LogP contribution in [0.15, 0.2) is 36.5 Å². The fraction of sp³-hybridized carbons (Fsp3) is 0.308. The molecule has 5 heteroatoms. The molecule has 2 aromatic rings. The summed E-state index contributed by atoms with van der Waals surface area (Å²) in [6.45, 7) is 5.44. The highest BCUT2D eigenvalue weighted by Crippen LogP contribution is 2.11. The van der Waals surface area contributed by atoms with Gasteiger partial charge in [-0.3, -0.25) is 0 Å². The molecule has 0 N–H and O–H groups in total. The van der Waals surface area contributed by atoms with Crippen LogP contribution in [0, 0.1) is 0 Å². The van der Waals surface area contributed by atoms with Crippen molar-refractivity contribution in [1.29, 1.82) is 0 Å². The zero-order valence-electron chi connectivity index (χ0n) is 10.6. The topological polar surface area (TPSA) is 57.0 Å². The van der Waals surface area contributed by atoms with Crippen LogP contribution in [0.5, 0.6) is 0 Å². The minimum absolute atomic E-state index is 0.203. The van der Waals surface area contributed by atoms with Gasteiger partial charge in [-0.25, -0.2) is 9.48 Å². The number of ether oxygens (including phenoxy) is 1. The van der Waals surface area contributed by atoms with Crippen molar-refractivity contribution in [2.45, 2.75) is 26.4 Å². The number of benzene rings is 1. The van der Waals surface area contributed by atoms with Crippen LogP contribution in [0.1, 0.15) is 31.3 Å². The van der Waals surface area contributed by atoms with E-state index in [1.54, 1.807) is 10.9 Å². The lowest BCUT2D eigenvalue weighted by Crippen LogP contribution is -2.24. The van der Waals surface area contributed by atoms with Crippen LogP contribution < -0.4 is 0 Å². The summed E-state index contributed by atoms with van der Waals surface area (Å²) < 4.78 is 6.76. The molecule has 1 aromatic heterocycles. The molecule has 0 bridgehead atoms. The number of esters is 1. The molecule has 1 heterocycles. The SMILES string of the molecule is CC(C)(C)OC(=O)c1cn(-c2ccccc2)nn1. The van der Waals surface area contributed by atoms with Crippen LogP contribution in [0.4, 0.5) is 0 Å². The minimum Gasteiger partial charge on any atom is -0.455 e. The fourth-order valence-electron chi connectivity index (χ4n) is 1.39. The predicted octanol–water partition coefficient (Wildman–Crippen LogP) is 2.22. The second-order valence-corrected chi connectivity index (χ2v) is 4.89. The Labute approximate surface area is 105 Å². The van der Waals surface area contributed by atoms with E-state index in [1.807, 2.05) is 51.1 Å².